The Bertz CT molecular complexity index is 846. The number of nitrogens with one attached hydrogen (secondary N) is 2. The summed E-state index contributed by atoms with van der Waals surface area (Å²) < 4.78 is 0.854. The first-order valence-electron chi connectivity index (χ1n) is 6.64. The standard InChI is InChI=1S/C17H12BrClN2S/c18-14-9-8-12(10-15(14)19)20-17(22)21-16-7-3-5-11-4-1-2-6-13(11)16/h1-10H,(H2,20,21,22). The van der Waals surface area contributed by atoms with Gasteiger partial charge in [-0.25, -0.2) is 0 Å². The van der Waals surface area contributed by atoms with E-state index in [0.29, 0.717) is 10.1 Å². The van der Waals surface area contributed by atoms with Crippen LogP contribution in [-0.2, 0) is 0 Å². The lowest BCUT2D eigenvalue weighted by Gasteiger charge is -2.13. The van der Waals surface area contributed by atoms with Gasteiger partial charge >= 0.3 is 0 Å². The van der Waals surface area contributed by atoms with Crippen LogP contribution in [0.5, 0.6) is 0 Å². The van der Waals surface area contributed by atoms with E-state index in [1.807, 2.05) is 42.5 Å². The molecular formula is C17H12BrClN2S. The molecule has 2 N–H and O–H groups in total. The van der Waals surface area contributed by atoms with Gasteiger partial charge in [-0.3, -0.25) is 0 Å². The SMILES string of the molecule is S=C(Nc1ccc(Br)c(Cl)c1)Nc1cccc2ccccc12. The highest BCUT2D eigenvalue weighted by molar-refractivity contribution is 9.10. The number of anilines is 2. The highest BCUT2D eigenvalue weighted by atomic mass is 79.9. The number of benzene rings is 3. The zero-order chi connectivity index (χ0) is 15.5. The van der Waals surface area contributed by atoms with E-state index in [-0.39, 0.29) is 0 Å². The van der Waals surface area contributed by atoms with Crippen molar-refractivity contribution in [3.8, 4) is 0 Å². The molecule has 0 bridgehead atoms. The molecule has 0 saturated heterocycles. The zero-order valence-corrected chi connectivity index (χ0v) is 14.6. The average Bonchev–Trinajstić information content (AvgIpc) is 2.51. The molecule has 0 aliphatic carbocycles. The molecule has 0 heterocycles. The molecule has 0 radical (unpaired) electrons. The summed E-state index contributed by atoms with van der Waals surface area (Å²) in [6, 6.07) is 19.9. The zero-order valence-electron chi connectivity index (χ0n) is 11.4. The lowest BCUT2D eigenvalue weighted by Crippen LogP contribution is -2.19. The van der Waals surface area contributed by atoms with Gasteiger partial charge in [-0.15, -0.1) is 0 Å². The Balaban J connectivity index is 1.80. The molecule has 3 rings (SSSR count). The summed E-state index contributed by atoms with van der Waals surface area (Å²) in [6.07, 6.45) is 0. The third-order valence-electron chi connectivity index (χ3n) is 3.22. The van der Waals surface area contributed by atoms with Crippen LogP contribution in [0.4, 0.5) is 11.4 Å². The van der Waals surface area contributed by atoms with Gasteiger partial charge in [0.15, 0.2) is 5.11 Å². The lowest BCUT2D eigenvalue weighted by molar-refractivity contribution is 1.59. The van der Waals surface area contributed by atoms with Gasteiger partial charge in [-0.05, 0) is 57.8 Å². The fraction of sp³-hybridized carbons (Fsp3) is 0. The average molecular weight is 392 g/mol. The van der Waals surface area contributed by atoms with Crippen LogP contribution in [0.15, 0.2) is 65.1 Å². The predicted molar refractivity (Wildman–Crippen MR) is 103 cm³/mol. The minimum atomic E-state index is 0.523. The smallest absolute Gasteiger partial charge is 0.175 e. The molecule has 0 unspecified atom stereocenters. The van der Waals surface area contributed by atoms with Gasteiger partial charge in [-0.1, -0.05) is 48.0 Å². The molecule has 0 atom stereocenters. The Morgan fingerprint density at radius 2 is 1.73 bits per heavy atom. The van der Waals surface area contributed by atoms with Crippen molar-refractivity contribution in [1.29, 1.82) is 0 Å². The molecular weight excluding hydrogens is 380 g/mol. The number of rotatable bonds is 2. The molecule has 0 aromatic heterocycles. The van der Waals surface area contributed by atoms with E-state index in [1.165, 1.54) is 5.39 Å². The van der Waals surface area contributed by atoms with Crippen molar-refractivity contribution in [2.45, 2.75) is 0 Å². The van der Waals surface area contributed by atoms with Gasteiger partial charge in [0.1, 0.15) is 0 Å². The number of hydrogen-bond acceptors (Lipinski definition) is 1. The van der Waals surface area contributed by atoms with Crippen molar-refractivity contribution in [2.75, 3.05) is 10.6 Å². The van der Waals surface area contributed by atoms with Gasteiger partial charge in [0.05, 0.1) is 5.02 Å². The highest BCUT2D eigenvalue weighted by Crippen LogP contribution is 2.26. The first-order valence-corrected chi connectivity index (χ1v) is 8.22. The van der Waals surface area contributed by atoms with Crippen molar-refractivity contribution in [3.05, 3.63) is 70.2 Å². The molecule has 3 aromatic carbocycles. The Kier molecular flexibility index (Phi) is 4.62. The van der Waals surface area contributed by atoms with Crippen molar-refractivity contribution in [2.24, 2.45) is 0 Å². The summed E-state index contributed by atoms with van der Waals surface area (Å²) in [5.74, 6) is 0. The highest BCUT2D eigenvalue weighted by Gasteiger charge is 2.04. The molecule has 0 spiro atoms. The van der Waals surface area contributed by atoms with Gasteiger partial charge in [0.25, 0.3) is 0 Å². The topological polar surface area (TPSA) is 24.1 Å². The van der Waals surface area contributed by atoms with Crippen LogP contribution in [0.2, 0.25) is 5.02 Å². The number of hydrogen-bond donors (Lipinski definition) is 2. The first kappa shape index (κ1) is 15.3. The maximum atomic E-state index is 6.09. The van der Waals surface area contributed by atoms with E-state index >= 15 is 0 Å². The summed E-state index contributed by atoms with van der Waals surface area (Å²) >= 11 is 14.8. The van der Waals surface area contributed by atoms with E-state index < -0.39 is 0 Å². The number of thiocarbonyl (C=S) groups is 1. The Morgan fingerprint density at radius 1 is 0.955 bits per heavy atom. The van der Waals surface area contributed by atoms with Gasteiger partial charge in [0, 0.05) is 21.2 Å². The normalized spacial score (nSPS) is 10.5. The first-order chi connectivity index (χ1) is 10.6. The van der Waals surface area contributed by atoms with Crippen LogP contribution in [0.1, 0.15) is 0 Å². The quantitative estimate of drug-likeness (QED) is 0.519. The van der Waals surface area contributed by atoms with Crippen LogP contribution < -0.4 is 10.6 Å². The third-order valence-corrected chi connectivity index (χ3v) is 4.65. The van der Waals surface area contributed by atoms with Crippen LogP contribution >= 0.6 is 39.7 Å². The molecule has 2 nitrogen and oxygen atoms in total. The van der Waals surface area contributed by atoms with Crippen LogP contribution in [0, 0.1) is 0 Å². The molecule has 22 heavy (non-hydrogen) atoms. The second-order valence-corrected chi connectivity index (χ2v) is 6.40. The molecule has 0 aliphatic heterocycles. The van der Waals surface area contributed by atoms with Gasteiger partial charge in [0.2, 0.25) is 0 Å². The molecule has 5 heteroatoms. The molecule has 0 amide bonds. The Hall–Kier alpha value is -1.62. The van der Waals surface area contributed by atoms with Crippen molar-refractivity contribution in [3.63, 3.8) is 0 Å². The third kappa shape index (κ3) is 3.40. The minimum absolute atomic E-state index is 0.523. The Morgan fingerprint density at radius 3 is 2.55 bits per heavy atom. The fourth-order valence-corrected chi connectivity index (χ4v) is 2.85. The van der Waals surface area contributed by atoms with Crippen LogP contribution in [0.3, 0.4) is 0 Å². The van der Waals surface area contributed by atoms with Gasteiger partial charge < -0.3 is 10.6 Å². The molecule has 0 aliphatic rings. The van der Waals surface area contributed by atoms with Gasteiger partial charge in [-0.2, -0.15) is 0 Å². The van der Waals surface area contributed by atoms with Crippen molar-refractivity contribution < 1.29 is 0 Å². The Labute approximate surface area is 147 Å². The van der Waals surface area contributed by atoms with E-state index in [4.69, 9.17) is 23.8 Å². The summed E-state index contributed by atoms with van der Waals surface area (Å²) in [7, 11) is 0. The van der Waals surface area contributed by atoms with E-state index in [9.17, 15) is 0 Å². The monoisotopic (exact) mass is 390 g/mol. The van der Waals surface area contributed by atoms with E-state index in [0.717, 1.165) is 21.2 Å². The fourth-order valence-electron chi connectivity index (χ4n) is 2.19. The number of halogens is 2. The molecule has 110 valence electrons. The molecule has 3 aromatic rings. The number of fused-ring (bicyclic) bond motifs is 1. The minimum Gasteiger partial charge on any atom is -0.332 e. The van der Waals surface area contributed by atoms with Crippen molar-refractivity contribution >= 4 is 67.0 Å². The van der Waals surface area contributed by atoms with E-state index in [1.54, 1.807) is 0 Å². The maximum Gasteiger partial charge on any atom is 0.175 e. The van der Waals surface area contributed by atoms with Crippen LogP contribution in [0.25, 0.3) is 10.8 Å². The second kappa shape index (κ2) is 6.65. The summed E-state index contributed by atoms with van der Waals surface area (Å²) in [5.41, 5.74) is 1.81. The molecule has 0 saturated carbocycles. The second-order valence-electron chi connectivity index (χ2n) is 4.73. The lowest BCUT2D eigenvalue weighted by atomic mass is 10.1. The molecule has 0 fully saturated rings. The predicted octanol–water partition coefficient (Wildman–Crippen LogP) is 6.06. The van der Waals surface area contributed by atoms with E-state index in [2.05, 4.69) is 44.8 Å². The summed E-state index contributed by atoms with van der Waals surface area (Å²) in [5, 5.41) is 9.83. The largest absolute Gasteiger partial charge is 0.332 e. The van der Waals surface area contributed by atoms with Crippen LogP contribution in [-0.4, -0.2) is 5.11 Å². The maximum absolute atomic E-state index is 6.09. The van der Waals surface area contributed by atoms with Crippen molar-refractivity contribution in [1.82, 2.24) is 0 Å². The summed E-state index contributed by atoms with van der Waals surface area (Å²) in [4.78, 5) is 0. The summed E-state index contributed by atoms with van der Waals surface area (Å²) in [6.45, 7) is 0.